The molecule has 0 aromatic heterocycles. The van der Waals surface area contributed by atoms with E-state index >= 15 is 0 Å². The molecule has 2 aromatic rings. The Morgan fingerprint density at radius 2 is 1.84 bits per heavy atom. The van der Waals surface area contributed by atoms with E-state index in [4.69, 9.17) is 5.73 Å². The van der Waals surface area contributed by atoms with Gasteiger partial charge in [-0.2, -0.15) is 0 Å². The largest absolute Gasteiger partial charge is 0.480 e. The molecule has 0 saturated carbocycles. The molecule has 0 spiro atoms. The van der Waals surface area contributed by atoms with E-state index in [0.717, 1.165) is 11.6 Å². The highest BCUT2D eigenvalue weighted by Gasteiger charge is 2.35. The summed E-state index contributed by atoms with van der Waals surface area (Å²) in [5.41, 5.74) is 7.21. The van der Waals surface area contributed by atoms with Gasteiger partial charge in [-0.25, -0.2) is 18.0 Å². The van der Waals surface area contributed by atoms with Gasteiger partial charge in [-0.3, -0.25) is 9.59 Å². The number of carbonyl (C=O) groups excluding carboxylic acids is 2. The van der Waals surface area contributed by atoms with Crippen molar-refractivity contribution in [2.45, 2.75) is 50.7 Å². The molecule has 0 aliphatic carbocycles. The lowest BCUT2D eigenvalue weighted by Crippen LogP contribution is -2.46. The number of aliphatic carboxylic acids is 1. The summed E-state index contributed by atoms with van der Waals surface area (Å²) >= 11 is 1.30. The topological polar surface area (TPSA) is 125 Å². The molecular weight excluding hydrogens is 521 g/mol. The maximum Gasteiger partial charge on any atom is 0.326 e. The Morgan fingerprint density at radius 1 is 1.13 bits per heavy atom. The number of amides is 2. The van der Waals surface area contributed by atoms with Crippen molar-refractivity contribution >= 4 is 35.2 Å². The number of halogens is 3. The fourth-order valence-electron chi connectivity index (χ4n) is 4.10. The zero-order chi connectivity index (χ0) is 28.0. The predicted octanol–water partition coefficient (Wildman–Crippen LogP) is 3.10. The normalized spacial score (nSPS) is 16.8. The molecule has 1 aliphatic rings. The van der Waals surface area contributed by atoms with Crippen molar-refractivity contribution in [3.63, 3.8) is 0 Å². The molecule has 1 heterocycles. The fourth-order valence-corrected chi connectivity index (χ4v) is 5.26. The van der Waals surface area contributed by atoms with Crippen LogP contribution in [0.1, 0.15) is 31.4 Å². The van der Waals surface area contributed by atoms with Crippen LogP contribution in [-0.4, -0.2) is 57.5 Å². The summed E-state index contributed by atoms with van der Waals surface area (Å²) in [7, 11) is 0. The number of carboxylic acid groups (broad SMARTS) is 1. The molecule has 8 nitrogen and oxygen atoms in total. The van der Waals surface area contributed by atoms with Crippen LogP contribution in [0.3, 0.4) is 0 Å². The Bertz CT molecular complexity index is 1180. The summed E-state index contributed by atoms with van der Waals surface area (Å²) < 4.78 is 40.6. The van der Waals surface area contributed by atoms with Crippen molar-refractivity contribution in [1.29, 1.82) is 0 Å². The standard InChI is InChI=1S/C26H31F3N4O4S/c1-14(2)23(26(36)37)32-18-5-3-4-15(8-18)13-31-24(35)25-33(6-7-38-25)22(34)11-17(30)9-16-10-20(28)21(29)12-19(16)27/h3-5,8,10,12,14,17,23,25,32H,6-7,9,11,13,30H2,1-2H3,(H,31,35)(H,36,37). The van der Waals surface area contributed by atoms with Crippen molar-refractivity contribution in [3.05, 3.63) is 65.0 Å². The van der Waals surface area contributed by atoms with Crippen LogP contribution in [0.2, 0.25) is 0 Å². The van der Waals surface area contributed by atoms with Crippen LogP contribution < -0.4 is 16.4 Å². The molecule has 2 amide bonds. The number of thioether (sulfide) groups is 1. The lowest BCUT2D eigenvalue weighted by atomic mass is 10.0. The second-order valence-electron chi connectivity index (χ2n) is 9.46. The highest BCUT2D eigenvalue weighted by atomic mass is 32.2. The molecule has 5 N–H and O–H groups in total. The Balaban J connectivity index is 1.56. The van der Waals surface area contributed by atoms with Gasteiger partial charge in [0.1, 0.15) is 11.9 Å². The SMILES string of the molecule is CC(C)C(Nc1cccc(CNC(=O)C2SCCN2C(=O)CC(N)Cc2cc(F)c(F)cc2F)c1)C(=O)O. The lowest BCUT2D eigenvalue weighted by molar-refractivity contribution is -0.138. The molecule has 2 aromatic carbocycles. The van der Waals surface area contributed by atoms with Crippen LogP contribution in [0.15, 0.2) is 36.4 Å². The average Bonchev–Trinajstić information content (AvgIpc) is 3.34. The second kappa shape index (κ2) is 13.0. The van der Waals surface area contributed by atoms with Gasteiger partial charge in [0.2, 0.25) is 5.91 Å². The van der Waals surface area contributed by atoms with Crippen molar-refractivity contribution < 1.29 is 32.7 Å². The third-order valence-corrected chi connectivity index (χ3v) is 7.30. The van der Waals surface area contributed by atoms with Crippen LogP contribution in [0.5, 0.6) is 0 Å². The molecule has 3 atom stereocenters. The molecule has 12 heteroatoms. The van der Waals surface area contributed by atoms with Crippen LogP contribution >= 0.6 is 11.8 Å². The molecule has 38 heavy (non-hydrogen) atoms. The minimum absolute atomic E-state index is 0.130. The summed E-state index contributed by atoms with van der Waals surface area (Å²) in [6.07, 6.45) is -0.367. The zero-order valence-electron chi connectivity index (χ0n) is 21.0. The summed E-state index contributed by atoms with van der Waals surface area (Å²) in [6.45, 7) is 4.10. The van der Waals surface area contributed by atoms with Gasteiger partial charge in [0.15, 0.2) is 17.0 Å². The first-order valence-corrected chi connectivity index (χ1v) is 13.2. The number of nitrogens with zero attached hydrogens (tertiary/aromatic N) is 1. The number of nitrogens with one attached hydrogen (secondary N) is 2. The first-order chi connectivity index (χ1) is 18.0. The van der Waals surface area contributed by atoms with E-state index in [2.05, 4.69) is 10.6 Å². The van der Waals surface area contributed by atoms with Gasteiger partial charge in [-0.05, 0) is 41.7 Å². The molecule has 0 radical (unpaired) electrons. The molecule has 0 bridgehead atoms. The summed E-state index contributed by atoms with van der Waals surface area (Å²) in [5, 5.41) is 14.4. The fraction of sp³-hybridized carbons (Fsp3) is 0.423. The zero-order valence-corrected chi connectivity index (χ0v) is 21.9. The molecule has 3 unspecified atom stereocenters. The number of carboxylic acids is 1. The van der Waals surface area contributed by atoms with Gasteiger partial charge < -0.3 is 26.4 Å². The number of benzene rings is 2. The van der Waals surface area contributed by atoms with Crippen molar-refractivity contribution in [2.24, 2.45) is 11.7 Å². The number of hydrogen-bond donors (Lipinski definition) is 4. The van der Waals surface area contributed by atoms with E-state index in [1.165, 1.54) is 16.7 Å². The quantitative estimate of drug-likeness (QED) is 0.316. The lowest BCUT2D eigenvalue weighted by Gasteiger charge is -2.24. The Labute approximate surface area is 223 Å². The van der Waals surface area contributed by atoms with E-state index < -0.39 is 46.8 Å². The van der Waals surface area contributed by atoms with Gasteiger partial charge in [0.25, 0.3) is 5.91 Å². The maximum atomic E-state index is 13.9. The molecule has 1 saturated heterocycles. The molecular formula is C26H31F3N4O4S. The van der Waals surface area contributed by atoms with Gasteiger partial charge in [-0.15, -0.1) is 11.8 Å². The van der Waals surface area contributed by atoms with E-state index in [1.54, 1.807) is 38.1 Å². The predicted molar refractivity (Wildman–Crippen MR) is 139 cm³/mol. The third-order valence-electron chi connectivity index (χ3n) is 6.09. The first kappa shape index (κ1) is 29.3. The summed E-state index contributed by atoms with van der Waals surface area (Å²) in [6, 6.07) is 6.58. The van der Waals surface area contributed by atoms with Crippen LogP contribution in [0.25, 0.3) is 0 Å². The number of anilines is 1. The average molecular weight is 553 g/mol. The number of carbonyl (C=O) groups is 3. The Kier molecular flexibility index (Phi) is 10.0. The van der Waals surface area contributed by atoms with Gasteiger partial charge in [0.05, 0.1) is 0 Å². The summed E-state index contributed by atoms with van der Waals surface area (Å²) in [4.78, 5) is 38.6. The van der Waals surface area contributed by atoms with Crippen molar-refractivity contribution in [2.75, 3.05) is 17.6 Å². The van der Waals surface area contributed by atoms with Crippen molar-refractivity contribution in [1.82, 2.24) is 10.2 Å². The van der Waals surface area contributed by atoms with Crippen molar-refractivity contribution in [3.8, 4) is 0 Å². The Morgan fingerprint density at radius 3 is 2.53 bits per heavy atom. The maximum absolute atomic E-state index is 13.9. The van der Waals surface area contributed by atoms with E-state index in [1.807, 2.05) is 0 Å². The molecule has 1 fully saturated rings. The number of nitrogens with two attached hydrogens (primary N) is 1. The van der Waals surface area contributed by atoms with Gasteiger partial charge in [-0.1, -0.05) is 26.0 Å². The van der Waals surface area contributed by atoms with E-state index in [9.17, 15) is 32.7 Å². The minimum Gasteiger partial charge on any atom is -0.480 e. The smallest absolute Gasteiger partial charge is 0.326 e. The van der Waals surface area contributed by atoms with Crippen LogP contribution in [0.4, 0.5) is 18.9 Å². The van der Waals surface area contributed by atoms with Gasteiger partial charge in [0, 0.05) is 43.1 Å². The minimum atomic E-state index is -1.30. The molecule has 1 aliphatic heterocycles. The molecule has 3 rings (SSSR count). The number of hydrogen-bond acceptors (Lipinski definition) is 6. The Hall–Kier alpha value is -3.25. The van der Waals surface area contributed by atoms with Crippen LogP contribution in [-0.2, 0) is 27.3 Å². The van der Waals surface area contributed by atoms with Gasteiger partial charge >= 0.3 is 5.97 Å². The van der Waals surface area contributed by atoms with Crippen LogP contribution in [0, 0.1) is 23.4 Å². The number of rotatable bonds is 11. The van der Waals surface area contributed by atoms with E-state index in [-0.39, 0.29) is 36.8 Å². The first-order valence-electron chi connectivity index (χ1n) is 12.1. The third kappa shape index (κ3) is 7.64. The second-order valence-corrected chi connectivity index (χ2v) is 10.6. The highest BCUT2D eigenvalue weighted by molar-refractivity contribution is 8.00. The molecule has 206 valence electrons. The highest BCUT2D eigenvalue weighted by Crippen LogP contribution is 2.26. The monoisotopic (exact) mass is 552 g/mol. The van der Waals surface area contributed by atoms with E-state index in [0.29, 0.717) is 24.1 Å². The summed E-state index contributed by atoms with van der Waals surface area (Å²) in [5.74, 6) is -4.77.